The summed E-state index contributed by atoms with van der Waals surface area (Å²) in [6.45, 7) is 8.66. The molecule has 4 heteroatoms. The molecule has 104 valence electrons. The normalized spacial score (nSPS) is 23.3. The summed E-state index contributed by atoms with van der Waals surface area (Å²) >= 11 is 11.7. The number of thiocarbonyl (C=S) groups is 1. The lowest BCUT2D eigenvalue weighted by molar-refractivity contribution is 0.216. The first-order chi connectivity index (χ1) is 8.97. The van der Waals surface area contributed by atoms with Crippen LogP contribution in [-0.2, 0) is 0 Å². The molecule has 1 aliphatic rings. The van der Waals surface area contributed by atoms with Crippen molar-refractivity contribution in [1.29, 1.82) is 0 Å². The first-order valence-electron chi connectivity index (χ1n) is 6.78. The van der Waals surface area contributed by atoms with E-state index in [9.17, 15) is 0 Å². The van der Waals surface area contributed by atoms with Gasteiger partial charge in [0.2, 0.25) is 0 Å². The molecular weight excluding hydrogens is 276 g/mol. The van der Waals surface area contributed by atoms with E-state index < -0.39 is 0 Å². The zero-order valence-electron chi connectivity index (χ0n) is 11.7. The number of nitrogens with zero attached hydrogens (tertiary/aromatic N) is 1. The molecule has 19 heavy (non-hydrogen) atoms. The van der Waals surface area contributed by atoms with Crippen molar-refractivity contribution in [2.45, 2.75) is 27.2 Å². The van der Waals surface area contributed by atoms with Gasteiger partial charge in [0.1, 0.15) is 0 Å². The predicted octanol–water partition coefficient (Wildman–Crippen LogP) is 4.32. The third kappa shape index (κ3) is 3.61. The van der Waals surface area contributed by atoms with E-state index in [1.807, 2.05) is 25.1 Å². The second kappa shape index (κ2) is 6.10. The minimum absolute atomic E-state index is 0.698. The summed E-state index contributed by atoms with van der Waals surface area (Å²) in [7, 11) is 0. The number of likely N-dealkylation sites (tertiary alicyclic amines) is 1. The minimum Gasteiger partial charge on any atom is -0.348 e. The highest BCUT2D eigenvalue weighted by Gasteiger charge is 2.23. The molecule has 0 spiro atoms. The van der Waals surface area contributed by atoms with Crippen molar-refractivity contribution in [3.05, 3.63) is 28.8 Å². The van der Waals surface area contributed by atoms with Crippen molar-refractivity contribution < 1.29 is 0 Å². The zero-order chi connectivity index (χ0) is 14.0. The van der Waals surface area contributed by atoms with Crippen LogP contribution in [-0.4, -0.2) is 23.1 Å². The van der Waals surface area contributed by atoms with E-state index in [-0.39, 0.29) is 0 Å². The quantitative estimate of drug-likeness (QED) is 0.777. The molecule has 0 saturated carbocycles. The summed E-state index contributed by atoms with van der Waals surface area (Å²) in [5.41, 5.74) is 2.05. The summed E-state index contributed by atoms with van der Waals surface area (Å²) in [4.78, 5) is 2.27. The predicted molar refractivity (Wildman–Crippen MR) is 86.9 cm³/mol. The molecule has 1 N–H and O–H groups in total. The molecule has 0 radical (unpaired) electrons. The van der Waals surface area contributed by atoms with Crippen LogP contribution in [0.3, 0.4) is 0 Å². The van der Waals surface area contributed by atoms with Gasteiger partial charge in [-0.15, -0.1) is 0 Å². The molecule has 1 aromatic rings. The molecule has 1 aliphatic heterocycles. The molecule has 0 bridgehead atoms. The van der Waals surface area contributed by atoms with Gasteiger partial charge in [-0.1, -0.05) is 31.5 Å². The molecule has 0 aliphatic carbocycles. The van der Waals surface area contributed by atoms with Crippen molar-refractivity contribution in [1.82, 2.24) is 4.90 Å². The van der Waals surface area contributed by atoms with E-state index in [4.69, 9.17) is 23.8 Å². The van der Waals surface area contributed by atoms with E-state index >= 15 is 0 Å². The Morgan fingerprint density at radius 3 is 2.58 bits per heavy atom. The number of hydrogen-bond acceptors (Lipinski definition) is 1. The number of benzene rings is 1. The van der Waals surface area contributed by atoms with Crippen LogP contribution in [0.1, 0.15) is 25.8 Å². The Bertz CT molecular complexity index is 465. The van der Waals surface area contributed by atoms with Gasteiger partial charge in [-0.2, -0.15) is 0 Å². The lowest BCUT2D eigenvalue weighted by atomic mass is 9.92. The van der Waals surface area contributed by atoms with Gasteiger partial charge in [-0.05, 0) is 55.1 Å². The average molecular weight is 297 g/mol. The largest absolute Gasteiger partial charge is 0.348 e. The summed E-state index contributed by atoms with van der Waals surface area (Å²) in [5.74, 6) is 1.40. The van der Waals surface area contributed by atoms with E-state index in [0.29, 0.717) is 11.8 Å². The Morgan fingerprint density at radius 1 is 1.32 bits per heavy atom. The maximum Gasteiger partial charge on any atom is 0.173 e. The molecule has 2 rings (SSSR count). The minimum atomic E-state index is 0.698. The standard InChI is InChI=1S/C15H21ClN2S/c1-10-7-11(2)9-18(8-10)15(19)17-14-6-4-5-13(16)12(14)3/h4-6,10-11H,7-9H2,1-3H3,(H,17,19). The SMILES string of the molecule is Cc1c(Cl)cccc1NC(=S)N1CC(C)CC(C)C1. The fraction of sp³-hybridized carbons (Fsp3) is 0.533. The van der Waals surface area contributed by atoms with Gasteiger partial charge < -0.3 is 10.2 Å². The van der Waals surface area contributed by atoms with Crippen LogP contribution in [0.2, 0.25) is 5.02 Å². The molecule has 1 fully saturated rings. The van der Waals surface area contributed by atoms with E-state index in [1.54, 1.807) is 0 Å². The maximum absolute atomic E-state index is 6.13. The number of piperidine rings is 1. The van der Waals surface area contributed by atoms with Gasteiger partial charge in [0, 0.05) is 23.8 Å². The van der Waals surface area contributed by atoms with Gasteiger partial charge in [-0.3, -0.25) is 0 Å². The van der Waals surface area contributed by atoms with Crippen LogP contribution in [0, 0.1) is 18.8 Å². The highest BCUT2D eigenvalue weighted by Crippen LogP contribution is 2.25. The van der Waals surface area contributed by atoms with Crippen molar-refractivity contribution in [2.24, 2.45) is 11.8 Å². The zero-order valence-corrected chi connectivity index (χ0v) is 13.3. The van der Waals surface area contributed by atoms with Crippen molar-refractivity contribution in [2.75, 3.05) is 18.4 Å². The second-order valence-corrected chi connectivity index (χ2v) is 6.49. The van der Waals surface area contributed by atoms with E-state index in [1.165, 1.54) is 6.42 Å². The van der Waals surface area contributed by atoms with Gasteiger partial charge in [0.05, 0.1) is 0 Å². The third-order valence-electron chi connectivity index (χ3n) is 3.67. The van der Waals surface area contributed by atoms with E-state index in [0.717, 1.165) is 34.5 Å². The number of hydrogen-bond donors (Lipinski definition) is 1. The molecule has 0 aromatic heterocycles. The highest BCUT2D eigenvalue weighted by molar-refractivity contribution is 7.80. The third-order valence-corrected chi connectivity index (χ3v) is 4.44. The van der Waals surface area contributed by atoms with Crippen LogP contribution in [0.25, 0.3) is 0 Å². The van der Waals surface area contributed by atoms with Crippen molar-refractivity contribution in [3.8, 4) is 0 Å². The molecule has 2 unspecified atom stereocenters. The van der Waals surface area contributed by atoms with E-state index in [2.05, 4.69) is 24.1 Å². The van der Waals surface area contributed by atoms with Gasteiger partial charge >= 0.3 is 0 Å². The molecule has 1 aromatic carbocycles. The Hall–Kier alpha value is -0.800. The molecular formula is C15H21ClN2S. The number of rotatable bonds is 1. The average Bonchev–Trinajstić information content (AvgIpc) is 2.33. The Labute approximate surface area is 126 Å². The van der Waals surface area contributed by atoms with Crippen LogP contribution in [0.15, 0.2) is 18.2 Å². The monoisotopic (exact) mass is 296 g/mol. The van der Waals surface area contributed by atoms with Crippen LogP contribution >= 0.6 is 23.8 Å². The Kier molecular flexibility index (Phi) is 4.69. The smallest absolute Gasteiger partial charge is 0.173 e. The summed E-state index contributed by atoms with van der Waals surface area (Å²) in [6.07, 6.45) is 1.29. The fourth-order valence-corrected chi connectivity index (χ4v) is 3.20. The van der Waals surface area contributed by atoms with Crippen molar-refractivity contribution >= 4 is 34.6 Å². The number of nitrogens with one attached hydrogen (secondary N) is 1. The molecule has 1 heterocycles. The van der Waals surface area contributed by atoms with Crippen LogP contribution in [0.5, 0.6) is 0 Å². The topological polar surface area (TPSA) is 15.3 Å². The first-order valence-corrected chi connectivity index (χ1v) is 7.57. The fourth-order valence-electron chi connectivity index (χ4n) is 2.77. The lowest BCUT2D eigenvalue weighted by Crippen LogP contribution is -2.44. The number of halogens is 1. The highest BCUT2D eigenvalue weighted by atomic mass is 35.5. The van der Waals surface area contributed by atoms with Crippen molar-refractivity contribution in [3.63, 3.8) is 0 Å². The second-order valence-electron chi connectivity index (χ2n) is 5.69. The molecule has 2 nitrogen and oxygen atoms in total. The Morgan fingerprint density at radius 2 is 1.95 bits per heavy atom. The van der Waals surface area contributed by atoms with Gasteiger partial charge in [0.15, 0.2) is 5.11 Å². The van der Waals surface area contributed by atoms with Crippen LogP contribution < -0.4 is 5.32 Å². The first kappa shape index (κ1) is 14.6. The number of anilines is 1. The van der Waals surface area contributed by atoms with Gasteiger partial charge in [-0.25, -0.2) is 0 Å². The molecule has 0 amide bonds. The summed E-state index contributed by atoms with van der Waals surface area (Å²) in [5, 5.41) is 4.92. The lowest BCUT2D eigenvalue weighted by Gasteiger charge is -2.36. The molecule has 2 atom stereocenters. The molecule has 1 saturated heterocycles. The Balaban J connectivity index is 2.06. The van der Waals surface area contributed by atoms with Crippen LogP contribution in [0.4, 0.5) is 5.69 Å². The van der Waals surface area contributed by atoms with Gasteiger partial charge in [0.25, 0.3) is 0 Å². The maximum atomic E-state index is 6.13. The summed E-state index contributed by atoms with van der Waals surface area (Å²) < 4.78 is 0. The summed E-state index contributed by atoms with van der Waals surface area (Å²) in [6, 6.07) is 5.86.